The summed E-state index contributed by atoms with van der Waals surface area (Å²) in [5.74, 6) is 1.99. The van der Waals surface area contributed by atoms with Crippen LogP contribution < -0.4 is 24.3 Å². The van der Waals surface area contributed by atoms with Gasteiger partial charge in [-0.1, -0.05) is 18.2 Å². The van der Waals surface area contributed by atoms with Crippen LogP contribution >= 0.6 is 0 Å². The van der Waals surface area contributed by atoms with Gasteiger partial charge in [0.1, 0.15) is 6.10 Å². The number of aromatic nitrogens is 1. The largest absolute Gasteiger partial charge is 0.493 e. The van der Waals surface area contributed by atoms with Crippen LogP contribution in [0, 0.1) is 0 Å². The molecule has 0 aliphatic carbocycles. The highest BCUT2D eigenvalue weighted by Crippen LogP contribution is 2.40. The van der Waals surface area contributed by atoms with Crippen LogP contribution in [0.2, 0.25) is 0 Å². The Hall–Kier alpha value is -3.68. The Morgan fingerprint density at radius 3 is 2.48 bits per heavy atom. The molecule has 31 heavy (non-hydrogen) atoms. The van der Waals surface area contributed by atoms with Crippen LogP contribution in [0.15, 0.2) is 48.5 Å². The van der Waals surface area contributed by atoms with Gasteiger partial charge in [-0.25, -0.2) is 9.78 Å². The standard InChI is InChI=1S/C23H25N3O5/c1-28-19-12-16(13-20(29-2)22(19)30-3)24-23(27)26-11-10-17(14-26)31-21-9-8-15-6-4-5-7-18(15)25-21/h4-9,12-13,17H,10-11,14H2,1-3H3,(H,24,27)/t17-/m1/s1. The summed E-state index contributed by atoms with van der Waals surface area (Å²) in [5.41, 5.74) is 1.44. The van der Waals surface area contributed by atoms with Crippen molar-refractivity contribution in [2.75, 3.05) is 39.7 Å². The fourth-order valence-corrected chi connectivity index (χ4v) is 3.65. The topological polar surface area (TPSA) is 82.2 Å². The van der Waals surface area contributed by atoms with Gasteiger partial charge in [0.15, 0.2) is 11.5 Å². The number of ether oxygens (including phenoxy) is 4. The summed E-state index contributed by atoms with van der Waals surface area (Å²) in [6, 6.07) is 14.9. The molecule has 2 heterocycles. The molecule has 8 heteroatoms. The summed E-state index contributed by atoms with van der Waals surface area (Å²) in [7, 11) is 4.60. The fraction of sp³-hybridized carbons (Fsp3) is 0.304. The Balaban J connectivity index is 1.40. The van der Waals surface area contributed by atoms with E-state index in [9.17, 15) is 4.79 Å². The first-order chi connectivity index (χ1) is 15.1. The number of urea groups is 1. The molecule has 1 atom stereocenters. The van der Waals surface area contributed by atoms with Gasteiger partial charge >= 0.3 is 6.03 Å². The number of rotatable bonds is 6. The number of amides is 2. The SMILES string of the molecule is COc1cc(NC(=O)N2CC[C@@H](Oc3ccc4ccccc4n3)C2)cc(OC)c1OC. The number of carbonyl (C=O) groups is 1. The van der Waals surface area contributed by atoms with Crippen LogP contribution in [0.25, 0.3) is 10.9 Å². The second-order valence-electron chi connectivity index (χ2n) is 7.16. The predicted molar refractivity (Wildman–Crippen MR) is 117 cm³/mol. The van der Waals surface area contributed by atoms with Gasteiger partial charge in [0, 0.05) is 36.6 Å². The molecule has 1 saturated heterocycles. The minimum atomic E-state index is -0.216. The lowest BCUT2D eigenvalue weighted by atomic mass is 10.2. The number of likely N-dealkylation sites (tertiary alicyclic amines) is 1. The Kier molecular flexibility index (Phi) is 5.97. The van der Waals surface area contributed by atoms with Gasteiger partial charge in [-0.05, 0) is 12.1 Å². The monoisotopic (exact) mass is 423 g/mol. The van der Waals surface area contributed by atoms with E-state index >= 15 is 0 Å². The van der Waals surface area contributed by atoms with Crippen LogP contribution in [0.1, 0.15) is 6.42 Å². The molecule has 1 aliphatic heterocycles. The van der Waals surface area contributed by atoms with E-state index in [2.05, 4.69) is 10.3 Å². The molecule has 4 rings (SSSR count). The van der Waals surface area contributed by atoms with Crippen molar-refractivity contribution in [3.8, 4) is 23.1 Å². The molecule has 1 aromatic heterocycles. The van der Waals surface area contributed by atoms with E-state index < -0.39 is 0 Å². The maximum Gasteiger partial charge on any atom is 0.321 e. The molecule has 1 N–H and O–H groups in total. The van der Waals surface area contributed by atoms with Crippen molar-refractivity contribution in [2.45, 2.75) is 12.5 Å². The van der Waals surface area contributed by atoms with E-state index in [4.69, 9.17) is 18.9 Å². The van der Waals surface area contributed by atoms with Gasteiger partial charge in [-0.2, -0.15) is 0 Å². The molecule has 0 unspecified atom stereocenters. The highest BCUT2D eigenvalue weighted by Gasteiger charge is 2.28. The van der Waals surface area contributed by atoms with E-state index in [0.717, 1.165) is 17.3 Å². The van der Waals surface area contributed by atoms with Crippen molar-refractivity contribution in [3.05, 3.63) is 48.5 Å². The number of para-hydroxylation sites is 1. The number of hydrogen-bond acceptors (Lipinski definition) is 6. The quantitative estimate of drug-likeness (QED) is 0.647. The molecular weight excluding hydrogens is 398 g/mol. The highest BCUT2D eigenvalue weighted by atomic mass is 16.5. The molecule has 0 bridgehead atoms. The number of methoxy groups -OCH3 is 3. The summed E-state index contributed by atoms with van der Waals surface area (Å²) in [4.78, 5) is 19.0. The Bertz CT molecular complexity index is 1060. The van der Waals surface area contributed by atoms with Crippen LogP contribution in [-0.4, -0.2) is 56.4 Å². The average Bonchev–Trinajstić information content (AvgIpc) is 3.27. The zero-order chi connectivity index (χ0) is 21.8. The minimum Gasteiger partial charge on any atom is -0.493 e. The maximum atomic E-state index is 12.8. The zero-order valence-corrected chi connectivity index (χ0v) is 17.8. The number of benzene rings is 2. The first-order valence-electron chi connectivity index (χ1n) is 9.99. The summed E-state index contributed by atoms with van der Waals surface area (Å²) < 4.78 is 22.0. The van der Waals surface area contributed by atoms with E-state index in [1.165, 1.54) is 21.3 Å². The smallest absolute Gasteiger partial charge is 0.321 e. The van der Waals surface area contributed by atoms with Crippen molar-refractivity contribution in [1.29, 1.82) is 0 Å². The zero-order valence-electron chi connectivity index (χ0n) is 17.8. The number of carbonyl (C=O) groups excluding carboxylic acids is 1. The summed E-state index contributed by atoms with van der Waals surface area (Å²) in [5, 5.41) is 3.96. The molecule has 1 aliphatic rings. The van der Waals surface area contributed by atoms with E-state index in [1.807, 2.05) is 36.4 Å². The van der Waals surface area contributed by atoms with Gasteiger partial charge in [0.25, 0.3) is 0 Å². The Morgan fingerprint density at radius 2 is 1.77 bits per heavy atom. The molecule has 0 radical (unpaired) electrons. The Morgan fingerprint density at radius 1 is 1.03 bits per heavy atom. The second-order valence-corrected chi connectivity index (χ2v) is 7.16. The van der Waals surface area contributed by atoms with Crippen molar-refractivity contribution in [3.63, 3.8) is 0 Å². The maximum absolute atomic E-state index is 12.8. The molecule has 0 saturated carbocycles. The van der Waals surface area contributed by atoms with Crippen LogP contribution in [0.4, 0.5) is 10.5 Å². The van der Waals surface area contributed by atoms with Gasteiger partial charge in [-0.3, -0.25) is 0 Å². The first kappa shape index (κ1) is 20.6. The lowest BCUT2D eigenvalue weighted by molar-refractivity contribution is 0.190. The number of pyridine rings is 1. The molecule has 2 amide bonds. The molecule has 1 fully saturated rings. The lowest BCUT2D eigenvalue weighted by Gasteiger charge is -2.19. The Labute approximate surface area is 180 Å². The van der Waals surface area contributed by atoms with Crippen molar-refractivity contribution in [1.82, 2.24) is 9.88 Å². The van der Waals surface area contributed by atoms with Gasteiger partial charge in [-0.15, -0.1) is 0 Å². The van der Waals surface area contributed by atoms with Gasteiger partial charge < -0.3 is 29.2 Å². The third-order valence-electron chi connectivity index (χ3n) is 5.21. The third-order valence-corrected chi connectivity index (χ3v) is 5.21. The number of nitrogens with zero attached hydrogens (tertiary/aromatic N) is 2. The summed E-state index contributed by atoms with van der Waals surface area (Å²) in [6.45, 7) is 1.07. The number of nitrogens with one attached hydrogen (secondary N) is 1. The van der Waals surface area contributed by atoms with Gasteiger partial charge in [0.05, 0.1) is 39.1 Å². The lowest BCUT2D eigenvalue weighted by Crippen LogP contribution is -2.34. The summed E-state index contributed by atoms with van der Waals surface area (Å²) >= 11 is 0. The number of hydrogen-bond donors (Lipinski definition) is 1. The number of fused-ring (bicyclic) bond motifs is 1. The fourth-order valence-electron chi connectivity index (χ4n) is 3.65. The van der Waals surface area contributed by atoms with E-state index in [1.54, 1.807) is 17.0 Å². The van der Waals surface area contributed by atoms with Crippen molar-refractivity contribution >= 4 is 22.6 Å². The molecule has 162 valence electrons. The number of anilines is 1. The average molecular weight is 423 g/mol. The second kappa shape index (κ2) is 8.99. The minimum absolute atomic E-state index is 0.112. The first-order valence-corrected chi connectivity index (χ1v) is 9.99. The van der Waals surface area contributed by atoms with Gasteiger partial charge in [0.2, 0.25) is 11.6 Å². The van der Waals surface area contributed by atoms with E-state index in [0.29, 0.717) is 41.9 Å². The highest BCUT2D eigenvalue weighted by molar-refractivity contribution is 5.90. The molecule has 8 nitrogen and oxygen atoms in total. The molecule has 0 spiro atoms. The van der Waals surface area contributed by atoms with Crippen LogP contribution in [0.3, 0.4) is 0 Å². The molecular formula is C23H25N3O5. The van der Waals surface area contributed by atoms with Crippen LogP contribution in [0.5, 0.6) is 23.1 Å². The van der Waals surface area contributed by atoms with Crippen molar-refractivity contribution < 1.29 is 23.7 Å². The molecule has 2 aromatic carbocycles. The van der Waals surface area contributed by atoms with Crippen LogP contribution in [-0.2, 0) is 0 Å². The third kappa shape index (κ3) is 4.42. The predicted octanol–water partition coefficient (Wildman–Crippen LogP) is 3.95. The normalized spacial score (nSPS) is 15.6. The van der Waals surface area contributed by atoms with E-state index in [-0.39, 0.29) is 12.1 Å². The molecule has 3 aromatic rings. The van der Waals surface area contributed by atoms with Crippen molar-refractivity contribution in [2.24, 2.45) is 0 Å². The summed E-state index contributed by atoms with van der Waals surface area (Å²) in [6.07, 6.45) is 0.622.